The molecule has 1 aliphatic heterocycles. The van der Waals surface area contributed by atoms with E-state index in [2.05, 4.69) is 32.1 Å². The maximum absolute atomic E-state index is 12.1. The minimum Gasteiger partial charge on any atom is -0.475 e. The van der Waals surface area contributed by atoms with E-state index in [0.717, 1.165) is 55.0 Å². The van der Waals surface area contributed by atoms with E-state index in [-0.39, 0.29) is 5.75 Å². The number of carbonyl (C=O) groups is 1. The largest absolute Gasteiger partial charge is 0.490 e. The minimum absolute atomic E-state index is 0.00347. The van der Waals surface area contributed by atoms with Crippen molar-refractivity contribution >= 4 is 38.8 Å². The highest BCUT2D eigenvalue weighted by Crippen LogP contribution is 2.31. The fraction of sp³-hybridized carbons (Fsp3) is 0.417. The maximum Gasteiger partial charge on any atom is 0.490 e. The Kier molecular flexibility index (Phi) is 7.98. The SMILES string of the molecule is CS(=O)(=O)Cc1cc(Nc2cc(NC3CC3)n3ncc(C#N)c3n2)ccc1[C@H]1CCNC1.O=C(O)C(F)(F)F. The Labute approximate surface area is 222 Å². The molecular weight excluding hydrogens is 539 g/mol. The van der Waals surface area contributed by atoms with Crippen LogP contribution in [-0.2, 0) is 20.4 Å². The van der Waals surface area contributed by atoms with Gasteiger partial charge in [0.05, 0.1) is 11.9 Å². The standard InChI is InChI=1S/C22H25N7O2S.C2HF3O2/c1-32(30,31)13-15-8-18(4-5-19(15)14-6-7-24-11-14)26-20-9-21(27-17-2-3-17)29-22(28-20)16(10-23)12-25-29;3-2(4,5)1(6)7/h4-5,8-9,12,14,17,24,27H,2-3,6-7,11,13H2,1H3,(H,26,28);(H,6,7)/t14-;/m0./s1. The molecule has 3 heterocycles. The molecule has 0 unspecified atom stereocenters. The van der Waals surface area contributed by atoms with Crippen LogP contribution in [0.1, 0.15) is 41.9 Å². The number of hydrogen-bond donors (Lipinski definition) is 4. The molecule has 1 saturated heterocycles. The molecule has 0 bridgehead atoms. The Hall–Kier alpha value is -3.90. The van der Waals surface area contributed by atoms with Crippen LogP contribution in [-0.4, -0.2) is 65.7 Å². The number of alkyl halides is 3. The van der Waals surface area contributed by atoms with Crippen LogP contribution >= 0.6 is 0 Å². The van der Waals surface area contributed by atoms with Crippen molar-refractivity contribution in [2.45, 2.75) is 43.2 Å². The minimum atomic E-state index is -5.08. The summed E-state index contributed by atoms with van der Waals surface area (Å²) < 4.78 is 57.5. The normalized spacial score (nSPS) is 17.3. The zero-order valence-corrected chi connectivity index (χ0v) is 21.6. The van der Waals surface area contributed by atoms with Crippen LogP contribution in [0, 0.1) is 11.3 Å². The second-order valence-electron chi connectivity index (χ2n) is 9.45. The van der Waals surface area contributed by atoms with Gasteiger partial charge in [0.25, 0.3) is 0 Å². The Balaban J connectivity index is 0.000000448. The van der Waals surface area contributed by atoms with Gasteiger partial charge in [-0.3, -0.25) is 0 Å². The number of nitriles is 1. The first-order chi connectivity index (χ1) is 18.3. The molecule has 208 valence electrons. The van der Waals surface area contributed by atoms with Crippen molar-refractivity contribution in [2.75, 3.05) is 30.0 Å². The number of carboxylic acids is 1. The number of rotatable bonds is 7. The van der Waals surface area contributed by atoms with E-state index in [4.69, 9.17) is 9.90 Å². The molecule has 11 nitrogen and oxygen atoms in total. The third-order valence-electron chi connectivity index (χ3n) is 6.10. The molecule has 15 heteroatoms. The van der Waals surface area contributed by atoms with Crippen LogP contribution < -0.4 is 16.0 Å². The number of fused-ring (bicyclic) bond motifs is 1. The van der Waals surface area contributed by atoms with Gasteiger partial charge in [-0.25, -0.2) is 18.2 Å². The van der Waals surface area contributed by atoms with Crippen molar-refractivity contribution in [3.63, 3.8) is 0 Å². The molecule has 1 aromatic carbocycles. The first kappa shape index (κ1) is 28.1. The molecular formula is C24H26F3N7O4S. The lowest BCUT2D eigenvalue weighted by atomic mass is 9.93. The molecule has 5 rings (SSSR count). The molecule has 0 spiro atoms. The Morgan fingerprint density at radius 1 is 1.28 bits per heavy atom. The van der Waals surface area contributed by atoms with E-state index in [1.165, 1.54) is 12.5 Å². The Morgan fingerprint density at radius 2 is 2.00 bits per heavy atom. The van der Waals surface area contributed by atoms with Gasteiger partial charge >= 0.3 is 12.1 Å². The zero-order valence-electron chi connectivity index (χ0n) is 20.8. The van der Waals surface area contributed by atoms with Crippen molar-refractivity contribution in [1.29, 1.82) is 5.26 Å². The Morgan fingerprint density at radius 3 is 2.56 bits per heavy atom. The molecule has 1 atom stereocenters. The lowest BCUT2D eigenvalue weighted by molar-refractivity contribution is -0.192. The summed E-state index contributed by atoms with van der Waals surface area (Å²) in [6, 6.07) is 10.3. The van der Waals surface area contributed by atoms with E-state index < -0.39 is 22.0 Å². The second-order valence-corrected chi connectivity index (χ2v) is 11.6. The molecule has 3 aromatic rings. The van der Waals surface area contributed by atoms with Gasteiger partial charge in [-0.1, -0.05) is 6.07 Å². The van der Waals surface area contributed by atoms with Crippen molar-refractivity contribution in [2.24, 2.45) is 0 Å². The number of aliphatic carboxylic acids is 1. The summed E-state index contributed by atoms with van der Waals surface area (Å²) in [5, 5.41) is 30.9. The number of sulfone groups is 1. The summed E-state index contributed by atoms with van der Waals surface area (Å²) >= 11 is 0. The van der Waals surface area contributed by atoms with Crippen molar-refractivity contribution in [1.82, 2.24) is 19.9 Å². The predicted molar refractivity (Wildman–Crippen MR) is 137 cm³/mol. The molecule has 39 heavy (non-hydrogen) atoms. The van der Waals surface area contributed by atoms with Gasteiger partial charge in [-0.2, -0.15) is 28.0 Å². The summed E-state index contributed by atoms with van der Waals surface area (Å²) in [6.45, 7) is 1.80. The quantitative estimate of drug-likeness (QED) is 0.335. The fourth-order valence-electron chi connectivity index (χ4n) is 4.20. The molecule has 1 aliphatic carbocycles. The Bertz CT molecular complexity index is 1520. The average molecular weight is 566 g/mol. The van der Waals surface area contributed by atoms with Crippen LogP contribution in [0.15, 0.2) is 30.5 Å². The van der Waals surface area contributed by atoms with E-state index in [1.807, 2.05) is 24.3 Å². The van der Waals surface area contributed by atoms with E-state index in [0.29, 0.717) is 29.0 Å². The zero-order chi connectivity index (χ0) is 28.4. The molecule has 2 aliphatic rings. The van der Waals surface area contributed by atoms with E-state index in [9.17, 15) is 26.9 Å². The lowest BCUT2D eigenvalue weighted by Gasteiger charge is -2.17. The summed E-state index contributed by atoms with van der Waals surface area (Å²) in [6.07, 6.45) is 0.893. The van der Waals surface area contributed by atoms with Gasteiger partial charge in [-0.15, -0.1) is 0 Å². The van der Waals surface area contributed by atoms with Crippen LogP contribution in [0.3, 0.4) is 0 Å². The first-order valence-electron chi connectivity index (χ1n) is 12.0. The highest BCUT2D eigenvalue weighted by Gasteiger charge is 2.38. The van der Waals surface area contributed by atoms with Gasteiger partial charge in [0, 0.05) is 30.6 Å². The number of hydrogen-bond acceptors (Lipinski definition) is 9. The highest BCUT2D eigenvalue weighted by molar-refractivity contribution is 7.89. The van der Waals surface area contributed by atoms with Gasteiger partial charge < -0.3 is 21.1 Å². The lowest BCUT2D eigenvalue weighted by Crippen LogP contribution is -2.21. The van der Waals surface area contributed by atoms with Crippen molar-refractivity contribution in [3.8, 4) is 6.07 Å². The fourth-order valence-corrected chi connectivity index (χ4v) is 5.02. The number of aromatic nitrogens is 3. The topological polar surface area (TPSA) is 162 Å². The second kappa shape index (κ2) is 11.1. The van der Waals surface area contributed by atoms with Gasteiger partial charge in [-0.05, 0) is 55.0 Å². The van der Waals surface area contributed by atoms with Gasteiger partial charge in [0.2, 0.25) is 0 Å². The van der Waals surface area contributed by atoms with Crippen molar-refractivity contribution < 1.29 is 31.5 Å². The number of benzene rings is 1. The van der Waals surface area contributed by atoms with E-state index in [1.54, 1.807) is 4.52 Å². The number of halogens is 3. The smallest absolute Gasteiger partial charge is 0.475 e. The molecule has 0 radical (unpaired) electrons. The van der Waals surface area contributed by atoms with Crippen LogP contribution in [0.25, 0.3) is 5.65 Å². The van der Waals surface area contributed by atoms with E-state index >= 15 is 0 Å². The summed E-state index contributed by atoms with van der Waals surface area (Å²) in [5.41, 5.74) is 3.52. The summed E-state index contributed by atoms with van der Waals surface area (Å²) in [4.78, 5) is 13.5. The first-order valence-corrected chi connectivity index (χ1v) is 14.0. The summed E-state index contributed by atoms with van der Waals surface area (Å²) in [7, 11) is -3.18. The number of carboxylic acid groups (broad SMARTS) is 1. The number of nitrogens with one attached hydrogen (secondary N) is 3. The average Bonchev–Trinajstić information content (AvgIpc) is 3.31. The molecule has 2 aromatic heterocycles. The molecule has 1 saturated carbocycles. The third-order valence-corrected chi connectivity index (χ3v) is 6.93. The highest BCUT2D eigenvalue weighted by atomic mass is 32.2. The number of nitrogens with zero attached hydrogens (tertiary/aromatic N) is 4. The number of anilines is 3. The van der Waals surface area contributed by atoms with Crippen LogP contribution in [0.4, 0.5) is 30.5 Å². The van der Waals surface area contributed by atoms with Gasteiger partial charge in [0.15, 0.2) is 15.5 Å². The summed E-state index contributed by atoms with van der Waals surface area (Å²) in [5.74, 6) is -1.11. The maximum atomic E-state index is 12.1. The molecule has 0 amide bonds. The third kappa shape index (κ3) is 7.36. The monoisotopic (exact) mass is 565 g/mol. The molecule has 2 fully saturated rings. The van der Waals surface area contributed by atoms with Gasteiger partial charge in [0.1, 0.15) is 23.3 Å². The van der Waals surface area contributed by atoms with Crippen molar-refractivity contribution in [3.05, 3.63) is 47.2 Å². The molecule has 4 N–H and O–H groups in total. The van der Waals surface area contributed by atoms with Crippen LogP contribution in [0.5, 0.6) is 0 Å². The van der Waals surface area contributed by atoms with Crippen LogP contribution in [0.2, 0.25) is 0 Å². The predicted octanol–water partition coefficient (Wildman–Crippen LogP) is 3.17.